The second-order valence-corrected chi connectivity index (χ2v) is 17.5. The largest absolute Gasteiger partial charge is 0.365 e. The number of benzene rings is 2. The highest BCUT2D eigenvalue weighted by Crippen LogP contribution is 2.51. The lowest BCUT2D eigenvalue weighted by Crippen LogP contribution is -2.32. The zero-order valence-electron chi connectivity index (χ0n) is 31.7. The maximum absolute atomic E-state index is 15.7. The fourth-order valence-corrected chi connectivity index (χ4v) is 11.2. The molecular formula is C46H66F4O. The molecule has 4 aliphatic rings. The van der Waals surface area contributed by atoms with E-state index >= 15 is 8.78 Å². The topological polar surface area (TPSA) is 9.23 Å². The second-order valence-electron chi connectivity index (χ2n) is 17.5. The van der Waals surface area contributed by atoms with Crippen LogP contribution in [0.2, 0.25) is 0 Å². The third kappa shape index (κ3) is 10.2. The van der Waals surface area contributed by atoms with Crippen LogP contribution in [0, 0.1) is 70.6 Å². The molecule has 0 aliphatic heterocycles. The SMILES string of the molecule is CCCCC1CCC(C2CCC(C(OC(c3ccc(F)cc3F)C3CCC(C4CCC(CCCC)CC4)CC3)c3ccc(F)cc3F)CC2)CC1. The van der Waals surface area contributed by atoms with Crippen LogP contribution in [0.15, 0.2) is 36.4 Å². The van der Waals surface area contributed by atoms with Crippen LogP contribution in [-0.2, 0) is 4.74 Å². The van der Waals surface area contributed by atoms with Gasteiger partial charge in [-0.3, -0.25) is 0 Å². The first-order valence-corrected chi connectivity index (χ1v) is 21.4. The van der Waals surface area contributed by atoms with Gasteiger partial charge in [-0.2, -0.15) is 0 Å². The van der Waals surface area contributed by atoms with Crippen molar-refractivity contribution in [3.8, 4) is 0 Å². The maximum atomic E-state index is 15.7. The molecule has 0 aromatic heterocycles. The molecule has 0 radical (unpaired) electrons. The average molecular weight is 711 g/mol. The molecule has 0 spiro atoms. The Kier molecular flexibility index (Phi) is 14.4. The molecule has 2 aromatic rings. The molecule has 2 aromatic carbocycles. The number of halogens is 4. The summed E-state index contributed by atoms with van der Waals surface area (Å²) in [4.78, 5) is 0. The molecule has 0 amide bonds. The van der Waals surface area contributed by atoms with Crippen LogP contribution in [0.5, 0.6) is 0 Å². The zero-order chi connectivity index (χ0) is 35.7. The van der Waals surface area contributed by atoms with Crippen molar-refractivity contribution in [2.75, 3.05) is 0 Å². The summed E-state index contributed by atoms with van der Waals surface area (Å²) < 4.78 is 66.9. The van der Waals surface area contributed by atoms with Gasteiger partial charge in [-0.05, 0) is 137 Å². The molecule has 4 saturated carbocycles. The van der Waals surface area contributed by atoms with Gasteiger partial charge in [-0.1, -0.05) is 90.2 Å². The highest BCUT2D eigenvalue weighted by molar-refractivity contribution is 5.25. The van der Waals surface area contributed by atoms with Crippen LogP contribution < -0.4 is 0 Å². The lowest BCUT2D eigenvalue weighted by Gasteiger charge is -2.43. The normalized spacial score (nSPS) is 31.6. The van der Waals surface area contributed by atoms with E-state index < -0.39 is 35.5 Å². The molecule has 0 saturated heterocycles. The minimum Gasteiger partial charge on any atom is -0.365 e. The van der Waals surface area contributed by atoms with Crippen molar-refractivity contribution in [2.24, 2.45) is 47.3 Å². The van der Waals surface area contributed by atoms with Gasteiger partial charge in [0.25, 0.3) is 0 Å². The van der Waals surface area contributed by atoms with Crippen molar-refractivity contribution in [3.63, 3.8) is 0 Å². The van der Waals surface area contributed by atoms with Crippen LogP contribution in [-0.4, -0.2) is 0 Å². The molecule has 0 heterocycles. The first-order chi connectivity index (χ1) is 24.8. The lowest BCUT2D eigenvalue weighted by molar-refractivity contribution is -0.0959. The first-order valence-electron chi connectivity index (χ1n) is 21.4. The number of hydrogen-bond acceptors (Lipinski definition) is 1. The smallest absolute Gasteiger partial charge is 0.131 e. The van der Waals surface area contributed by atoms with Gasteiger partial charge in [-0.15, -0.1) is 0 Å². The van der Waals surface area contributed by atoms with Gasteiger partial charge >= 0.3 is 0 Å². The first kappa shape index (κ1) is 38.8. The van der Waals surface area contributed by atoms with E-state index in [2.05, 4.69) is 13.8 Å². The molecule has 5 heteroatoms. The Morgan fingerprint density at radius 1 is 0.490 bits per heavy atom. The summed E-state index contributed by atoms with van der Waals surface area (Å²) in [5.74, 6) is 2.43. The minimum atomic E-state index is -0.609. The van der Waals surface area contributed by atoms with E-state index in [0.29, 0.717) is 23.0 Å². The molecule has 4 aliphatic carbocycles. The van der Waals surface area contributed by atoms with Gasteiger partial charge in [-0.25, -0.2) is 17.6 Å². The van der Waals surface area contributed by atoms with Crippen molar-refractivity contribution < 1.29 is 22.3 Å². The van der Waals surface area contributed by atoms with Gasteiger partial charge in [0.1, 0.15) is 23.3 Å². The Bertz CT molecular complexity index is 1230. The second kappa shape index (κ2) is 18.9. The molecule has 284 valence electrons. The summed E-state index contributed by atoms with van der Waals surface area (Å²) in [7, 11) is 0. The van der Waals surface area contributed by atoms with E-state index in [9.17, 15) is 8.78 Å². The highest BCUT2D eigenvalue weighted by atomic mass is 19.1. The summed E-state index contributed by atoms with van der Waals surface area (Å²) in [5.41, 5.74) is 0.745. The van der Waals surface area contributed by atoms with Crippen LogP contribution in [0.3, 0.4) is 0 Å². The summed E-state index contributed by atoms with van der Waals surface area (Å²) >= 11 is 0. The van der Waals surface area contributed by atoms with E-state index in [-0.39, 0.29) is 11.8 Å². The summed E-state index contributed by atoms with van der Waals surface area (Å²) in [6.45, 7) is 4.56. The van der Waals surface area contributed by atoms with Crippen molar-refractivity contribution in [3.05, 3.63) is 70.8 Å². The molecule has 4 fully saturated rings. The molecule has 2 unspecified atom stereocenters. The molecule has 0 bridgehead atoms. The van der Waals surface area contributed by atoms with Gasteiger partial charge in [0.15, 0.2) is 0 Å². The Morgan fingerprint density at radius 2 is 0.824 bits per heavy atom. The summed E-state index contributed by atoms with van der Waals surface area (Å²) in [5, 5.41) is 0. The molecule has 2 atom stereocenters. The van der Waals surface area contributed by atoms with E-state index in [1.165, 1.54) is 102 Å². The Labute approximate surface area is 307 Å². The Balaban J connectivity index is 1.16. The van der Waals surface area contributed by atoms with Crippen molar-refractivity contribution >= 4 is 0 Å². The van der Waals surface area contributed by atoms with Crippen molar-refractivity contribution in [2.45, 2.75) is 167 Å². The number of unbranched alkanes of at least 4 members (excludes halogenated alkanes) is 2. The number of rotatable bonds is 14. The van der Waals surface area contributed by atoms with Crippen LogP contribution in [0.4, 0.5) is 17.6 Å². The Hall–Kier alpha value is -1.88. The van der Waals surface area contributed by atoms with E-state index in [4.69, 9.17) is 4.74 Å². The molecule has 0 N–H and O–H groups in total. The molecule has 51 heavy (non-hydrogen) atoms. The van der Waals surface area contributed by atoms with Gasteiger partial charge in [0.2, 0.25) is 0 Å². The predicted octanol–water partition coefficient (Wildman–Crippen LogP) is 14.6. The summed E-state index contributed by atoms with van der Waals surface area (Å²) in [6.07, 6.45) is 25.5. The maximum Gasteiger partial charge on any atom is 0.131 e. The molecular weight excluding hydrogens is 644 g/mol. The quantitative estimate of drug-likeness (QED) is 0.177. The highest BCUT2D eigenvalue weighted by Gasteiger charge is 2.40. The number of ether oxygens (including phenoxy) is 1. The van der Waals surface area contributed by atoms with Crippen LogP contribution in [0.25, 0.3) is 0 Å². The minimum absolute atomic E-state index is 0.0624. The number of hydrogen-bond donors (Lipinski definition) is 0. The van der Waals surface area contributed by atoms with Gasteiger partial charge in [0, 0.05) is 23.3 Å². The molecule has 1 nitrogen and oxygen atoms in total. The lowest BCUT2D eigenvalue weighted by atomic mass is 9.67. The van der Waals surface area contributed by atoms with Crippen molar-refractivity contribution in [1.82, 2.24) is 0 Å². The van der Waals surface area contributed by atoms with E-state index in [1.807, 2.05) is 0 Å². The van der Waals surface area contributed by atoms with Crippen LogP contribution in [0.1, 0.15) is 178 Å². The fraction of sp³-hybridized carbons (Fsp3) is 0.739. The third-order valence-electron chi connectivity index (χ3n) is 14.4. The standard InChI is InChI=1S/C46H66F4O/c1-3-5-7-31-9-13-33(14-10-31)35-17-21-37(22-18-35)45(41-27-25-39(47)29-43(41)49)51-46(42-28-26-40(48)30-44(42)50)38-23-19-36(20-24-38)34-15-11-32(12-16-34)8-6-4-2/h25-38,45-46H,3-24H2,1-2H3. The Morgan fingerprint density at radius 3 is 1.14 bits per heavy atom. The average Bonchev–Trinajstić information content (AvgIpc) is 3.15. The third-order valence-corrected chi connectivity index (χ3v) is 14.4. The van der Waals surface area contributed by atoms with Gasteiger partial charge in [0.05, 0.1) is 12.2 Å². The summed E-state index contributed by atoms with van der Waals surface area (Å²) in [6, 6.07) is 7.67. The molecule has 6 rings (SSSR count). The fourth-order valence-electron chi connectivity index (χ4n) is 11.2. The van der Waals surface area contributed by atoms with E-state index in [1.54, 1.807) is 12.1 Å². The zero-order valence-corrected chi connectivity index (χ0v) is 31.7. The predicted molar refractivity (Wildman–Crippen MR) is 200 cm³/mol. The van der Waals surface area contributed by atoms with E-state index in [0.717, 1.165) is 87.2 Å². The van der Waals surface area contributed by atoms with Gasteiger partial charge < -0.3 is 4.74 Å². The van der Waals surface area contributed by atoms with Crippen molar-refractivity contribution in [1.29, 1.82) is 0 Å². The monoisotopic (exact) mass is 711 g/mol. The van der Waals surface area contributed by atoms with Crippen LogP contribution >= 0.6 is 0 Å².